The maximum atomic E-state index is 11.3. The van der Waals surface area contributed by atoms with Crippen molar-refractivity contribution in [1.29, 1.82) is 15.8 Å². The fourth-order valence-corrected chi connectivity index (χ4v) is 10.5. The maximum absolute atomic E-state index is 11.3. The minimum absolute atomic E-state index is 0.369. The van der Waals surface area contributed by atoms with Gasteiger partial charge in [0.1, 0.15) is 0 Å². The zero-order valence-corrected chi connectivity index (χ0v) is 39.2. The summed E-state index contributed by atoms with van der Waals surface area (Å²) < 4.78 is 4.41. The molecule has 0 saturated heterocycles. The molecule has 0 fully saturated rings. The van der Waals surface area contributed by atoms with Crippen LogP contribution in [0, 0.1) is 53.7 Å². The molecule has 0 unspecified atom stereocenters. The molecule has 0 amide bonds. The molecule has 0 spiro atoms. The number of hydrogen-bond donors (Lipinski definition) is 0. The summed E-state index contributed by atoms with van der Waals surface area (Å²) in [6, 6.07) is 73.6. The van der Waals surface area contributed by atoms with Crippen LogP contribution in [-0.2, 0) is 0 Å². The van der Waals surface area contributed by atoms with Gasteiger partial charge in [0.25, 0.3) is 0 Å². The Morgan fingerprint density at radius 3 is 1.11 bits per heavy atom. The van der Waals surface area contributed by atoms with E-state index >= 15 is 0 Å². The van der Waals surface area contributed by atoms with E-state index in [1.807, 2.05) is 146 Å². The van der Waals surface area contributed by atoms with Gasteiger partial charge < -0.3 is 9.13 Å². The minimum atomic E-state index is 0.369. The van der Waals surface area contributed by atoms with Crippen LogP contribution in [0.1, 0.15) is 16.7 Å². The lowest BCUT2D eigenvalue weighted by atomic mass is 9.96. The van der Waals surface area contributed by atoms with Crippen molar-refractivity contribution in [3.05, 3.63) is 257 Å². The minimum Gasteiger partial charge on any atom is -0.307 e. The Morgan fingerprint density at radius 1 is 0.311 bits per heavy atom. The summed E-state index contributed by atoms with van der Waals surface area (Å²) in [5.74, 6) is 0. The topological polar surface area (TPSA) is 94.3 Å². The van der Waals surface area contributed by atoms with Crippen LogP contribution < -0.4 is 0 Å². The molecule has 74 heavy (non-hydrogen) atoms. The second-order valence-corrected chi connectivity index (χ2v) is 17.8. The smallest absolute Gasteiger partial charge is 0.194 e. The van der Waals surface area contributed by atoms with Crippen molar-refractivity contribution < 1.29 is 0 Å². The van der Waals surface area contributed by atoms with Crippen LogP contribution in [0.5, 0.6) is 0 Å². The number of benzene rings is 10. The molecule has 8 heteroatoms. The van der Waals surface area contributed by atoms with Gasteiger partial charge in [-0.2, -0.15) is 15.8 Å². The molecule has 2 aromatic heterocycles. The molecule has 12 rings (SSSR count). The highest BCUT2D eigenvalue weighted by Crippen LogP contribution is 2.46. The third kappa shape index (κ3) is 7.10. The number of para-hydroxylation sites is 3. The number of hydrogen-bond acceptors (Lipinski definition) is 3. The SMILES string of the molecule is [C-]#[N+]c1ccccc1-c1ccc2c3ccc(-c4ccccc4C#N)cc3n(-c3cc(-c4cccc(C#N)c4)c(C#N)cc3-n3c4cc(-c5ccccc5[N+]#[C-])ccc4c4ccc(-c5ccccc5[N+]#[C-])cc43)c2c1. The first kappa shape index (κ1) is 44.0. The number of nitrogens with zero attached hydrogens (tertiary/aromatic N) is 8. The number of rotatable bonds is 7. The van der Waals surface area contributed by atoms with Crippen LogP contribution in [0.15, 0.2) is 206 Å². The quantitative estimate of drug-likeness (QED) is 0.149. The fraction of sp³-hybridized carbons (Fsp3) is 0. The number of fused-ring (bicyclic) bond motifs is 6. The Hall–Kier alpha value is -11.3. The Kier molecular flexibility index (Phi) is 10.7. The van der Waals surface area contributed by atoms with E-state index in [0.29, 0.717) is 56.3 Å². The first-order valence-electron chi connectivity index (χ1n) is 23.6. The molecular weight excluding hydrogens is 905 g/mol. The van der Waals surface area contributed by atoms with Crippen LogP contribution in [0.3, 0.4) is 0 Å². The van der Waals surface area contributed by atoms with Crippen molar-refractivity contribution in [3.8, 4) is 85.2 Å². The average Bonchev–Trinajstić information content (AvgIpc) is 3.97. The highest BCUT2D eigenvalue weighted by atomic mass is 15.1. The van der Waals surface area contributed by atoms with Gasteiger partial charge in [0, 0.05) is 27.1 Å². The average molecular weight is 939 g/mol. The lowest BCUT2D eigenvalue weighted by molar-refractivity contribution is 1.09. The summed E-state index contributed by atoms with van der Waals surface area (Å²) in [6.45, 7) is 24.3. The van der Waals surface area contributed by atoms with E-state index in [1.54, 1.807) is 12.1 Å². The predicted molar refractivity (Wildman–Crippen MR) is 295 cm³/mol. The Morgan fingerprint density at radius 2 is 0.689 bits per heavy atom. The molecule has 0 aliphatic carbocycles. The first-order valence-corrected chi connectivity index (χ1v) is 23.6. The fourth-order valence-electron chi connectivity index (χ4n) is 10.5. The highest BCUT2D eigenvalue weighted by Gasteiger charge is 2.25. The van der Waals surface area contributed by atoms with Crippen molar-refractivity contribution in [2.24, 2.45) is 0 Å². The van der Waals surface area contributed by atoms with Crippen LogP contribution in [0.2, 0.25) is 0 Å². The van der Waals surface area contributed by atoms with Gasteiger partial charge in [0.15, 0.2) is 17.1 Å². The summed E-state index contributed by atoms with van der Waals surface area (Å²) in [5, 5.41) is 35.5. The van der Waals surface area contributed by atoms with Crippen LogP contribution in [-0.4, -0.2) is 9.13 Å². The maximum Gasteiger partial charge on any atom is 0.194 e. The molecule has 12 aromatic rings. The van der Waals surface area contributed by atoms with E-state index in [-0.39, 0.29) is 0 Å². The summed E-state index contributed by atoms with van der Waals surface area (Å²) in [6.07, 6.45) is 0. The summed E-state index contributed by atoms with van der Waals surface area (Å²) in [7, 11) is 0. The van der Waals surface area contributed by atoms with Gasteiger partial charge in [-0.25, -0.2) is 14.5 Å². The molecule has 2 heterocycles. The van der Waals surface area contributed by atoms with Crippen molar-refractivity contribution in [2.45, 2.75) is 0 Å². The Bertz CT molecular complexity index is 4410. The second-order valence-electron chi connectivity index (χ2n) is 17.8. The normalized spacial score (nSPS) is 10.9. The van der Waals surface area contributed by atoms with Crippen LogP contribution in [0.25, 0.3) is 125 Å². The van der Waals surface area contributed by atoms with Crippen LogP contribution in [0.4, 0.5) is 17.1 Å². The van der Waals surface area contributed by atoms with E-state index in [1.165, 1.54) is 0 Å². The zero-order chi connectivity index (χ0) is 50.5. The van der Waals surface area contributed by atoms with E-state index in [9.17, 15) is 15.8 Å². The van der Waals surface area contributed by atoms with Crippen LogP contribution >= 0.6 is 0 Å². The van der Waals surface area contributed by atoms with E-state index < -0.39 is 0 Å². The summed E-state index contributed by atoms with van der Waals surface area (Å²) in [4.78, 5) is 11.7. The molecule has 0 atom stereocenters. The number of nitriles is 3. The van der Waals surface area contributed by atoms with Gasteiger partial charge in [0.2, 0.25) is 0 Å². The zero-order valence-electron chi connectivity index (χ0n) is 39.2. The monoisotopic (exact) mass is 938 g/mol. The van der Waals surface area contributed by atoms with Crippen molar-refractivity contribution in [3.63, 3.8) is 0 Å². The third-order valence-corrected chi connectivity index (χ3v) is 13.9. The van der Waals surface area contributed by atoms with E-state index in [2.05, 4.69) is 90.4 Å². The molecular formula is C66H34N8. The van der Waals surface area contributed by atoms with Gasteiger partial charge >= 0.3 is 0 Å². The van der Waals surface area contributed by atoms with E-state index in [0.717, 1.165) is 88.1 Å². The standard InChI is InChI=1S/C66H34N8/c1-70-58-20-9-6-17-50(58)44-24-28-54-55-29-25-45(51-18-7-10-21-59(51)71-2)34-63(55)73(62(54)33-44)65-36-48(40-69)57(42-15-12-13-41(31-42)38-67)37-66(65)74-61-32-43(49-16-5-4-14-47(49)39-68)23-27-53(61)56-30-26-46(35-64(56)74)52-19-8-11-22-60(52)72-3/h4-37H. The summed E-state index contributed by atoms with van der Waals surface area (Å²) in [5.41, 5.74) is 15.2. The Labute approximate surface area is 426 Å². The first-order chi connectivity index (χ1) is 36.4. The van der Waals surface area contributed by atoms with Gasteiger partial charge in [-0.15, -0.1) is 0 Å². The van der Waals surface area contributed by atoms with Gasteiger partial charge in [-0.05, 0) is 105 Å². The molecule has 0 N–H and O–H groups in total. The largest absolute Gasteiger partial charge is 0.307 e. The molecule has 10 aromatic carbocycles. The van der Waals surface area contributed by atoms with Gasteiger partial charge in [-0.3, -0.25) is 0 Å². The molecule has 0 saturated carbocycles. The third-order valence-electron chi connectivity index (χ3n) is 13.9. The molecule has 0 aliphatic heterocycles. The molecule has 8 nitrogen and oxygen atoms in total. The molecule has 0 radical (unpaired) electrons. The van der Waals surface area contributed by atoms with Gasteiger partial charge in [-0.1, -0.05) is 152 Å². The predicted octanol–water partition coefficient (Wildman–Crippen LogP) is 17.5. The van der Waals surface area contributed by atoms with Crippen molar-refractivity contribution in [2.75, 3.05) is 0 Å². The molecule has 0 bridgehead atoms. The highest BCUT2D eigenvalue weighted by molar-refractivity contribution is 6.14. The molecule has 0 aliphatic rings. The summed E-state index contributed by atoms with van der Waals surface area (Å²) >= 11 is 0. The lowest BCUT2D eigenvalue weighted by Gasteiger charge is -2.20. The number of aromatic nitrogens is 2. The van der Waals surface area contributed by atoms with Crippen molar-refractivity contribution in [1.82, 2.24) is 9.13 Å². The Balaban J connectivity index is 1.28. The van der Waals surface area contributed by atoms with E-state index in [4.69, 9.17) is 19.7 Å². The van der Waals surface area contributed by atoms with Gasteiger partial charge in [0.05, 0.1) is 88.1 Å². The van der Waals surface area contributed by atoms with Crippen molar-refractivity contribution >= 4 is 60.7 Å². The lowest BCUT2D eigenvalue weighted by Crippen LogP contribution is -2.06. The molecule has 338 valence electrons. The second kappa shape index (κ2) is 17.9.